The lowest BCUT2D eigenvalue weighted by Gasteiger charge is -2.16. The molecule has 0 saturated carbocycles. The third-order valence-corrected chi connectivity index (χ3v) is 4.26. The maximum Gasteiger partial charge on any atom is 0.347 e. The smallest absolute Gasteiger partial charge is 0.347 e. The monoisotopic (exact) mass is 387 g/mol. The van der Waals surface area contributed by atoms with Gasteiger partial charge in [-0.2, -0.15) is 5.26 Å². The van der Waals surface area contributed by atoms with Gasteiger partial charge in [-0.05, 0) is 55.3 Å². The minimum atomic E-state index is -0.700. The maximum absolute atomic E-state index is 12.0. The fourth-order valence-electron chi connectivity index (χ4n) is 2.08. The second-order valence-corrected chi connectivity index (χ2v) is 6.64. The molecule has 0 bridgehead atoms. The summed E-state index contributed by atoms with van der Waals surface area (Å²) in [6.45, 7) is 6.12. The van der Waals surface area contributed by atoms with Crippen LogP contribution in [0.25, 0.3) is 0 Å². The SMILES string of the molecule is CCC(C)COC(=O)C(C)Oc1ccc(Oc2ccc(C#N)cc2Cl)cc1. The van der Waals surface area contributed by atoms with Gasteiger partial charge in [-0.25, -0.2) is 4.79 Å². The minimum absolute atomic E-state index is 0.326. The molecule has 2 atom stereocenters. The first-order valence-corrected chi connectivity index (χ1v) is 9.11. The average molecular weight is 388 g/mol. The third-order valence-electron chi connectivity index (χ3n) is 3.96. The predicted octanol–water partition coefficient (Wildman–Crippen LogP) is 5.36. The van der Waals surface area contributed by atoms with Crippen LogP contribution in [0.4, 0.5) is 0 Å². The predicted molar refractivity (Wildman–Crippen MR) is 103 cm³/mol. The molecule has 0 radical (unpaired) electrons. The molecule has 2 rings (SSSR count). The first-order valence-electron chi connectivity index (χ1n) is 8.73. The van der Waals surface area contributed by atoms with Crippen LogP contribution < -0.4 is 9.47 Å². The Kier molecular flexibility index (Phi) is 7.51. The molecule has 6 heteroatoms. The van der Waals surface area contributed by atoms with E-state index in [-0.39, 0.29) is 5.97 Å². The molecule has 2 aromatic rings. The van der Waals surface area contributed by atoms with E-state index in [9.17, 15) is 4.79 Å². The van der Waals surface area contributed by atoms with Crippen molar-refractivity contribution in [2.24, 2.45) is 5.92 Å². The Balaban J connectivity index is 1.93. The quantitative estimate of drug-likeness (QED) is 0.570. The molecule has 0 aliphatic heterocycles. The van der Waals surface area contributed by atoms with Gasteiger partial charge in [0.05, 0.1) is 23.3 Å². The van der Waals surface area contributed by atoms with Gasteiger partial charge in [-0.1, -0.05) is 31.9 Å². The highest BCUT2D eigenvalue weighted by molar-refractivity contribution is 6.32. The molecule has 0 spiro atoms. The summed E-state index contributed by atoms with van der Waals surface area (Å²) in [5.41, 5.74) is 0.463. The average Bonchev–Trinajstić information content (AvgIpc) is 2.68. The van der Waals surface area contributed by atoms with Crippen LogP contribution in [0.15, 0.2) is 42.5 Å². The largest absolute Gasteiger partial charge is 0.479 e. The first-order chi connectivity index (χ1) is 12.9. The molecule has 142 valence electrons. The van der Waals surface area contributed by atoms with E-state index in [2.05, 4.69) is 0 Å². The van der Waals surface area contributed by atoms with Crippen LogP contribution in [0.3, 0.4) is 0 Å². The molecule has 0 N–H and O–H groups in total. The summed E-state index contributed by atoms with van der Waals surface area (Å²) < 4.78 is 16.6. The highest BCUT2D eigenvalue weighted by Gasteiger charge is 2.17. The number of nitriles is 1. The van der Waals surface area contributed by atoms with E-state index in [1.165, 1.54) is 0 Å². The maximum atomic E-state index is 12.0. The lowest BCUT2D eigenvalue weighted by atomic mass is 10.1. The fourth-order valence-corrected chi connectivity index (χ4v) is 2.30. The molecule has 0 amide bonds. The van der Waals surface area contributed by atoms with E-state index >= 15 is 0 Å². The van der Waals surface area contributed by atoms with Gasteiger partial charge in [0.15, 0.2) is 6.10 Å². The van der Waals surface area contributed by atoms with Crippen LogP contribution in [0.2, 0.25) is 5.02 Å². The Morgan fingerprint density at radius 3 is 2.41 bits per heavy atom. The van der Waals surface area contributed by atoms with Gasteiger partial charge in [0.2, 0.25) is 0 Å². The molecule has 0 aliphatic rings. The first kappa shape index (κ1) is 20.6. The van der Waals surface area contributed by atoms with E-state index in [0.29, 0.717) is 40.4 Å². The molecule has 0 saturated heterocycles. The Morgan fingerprint density at radius 1 is 1.15 bits per heavy atom. The zero-order valence-corrected chi connectivity index (χ0v) is 16.3. The van der Waals surface area contributed by atoms with Crippen molar-refractivity contribution in [2.45, 2.75) is 33.3 Å². The van der Waals surface area contributed by atoms with Crippen LogP contribution in [0, 0.1) is 17.2 Å². The zero-order valence-electron chi connectivity index (χ0n) is 15.6. The van der Waals surface area contributed by atoms with Crippen LogP contribution in [0.5, 0.6) is 17.2 Å². The number of halogens is 1. The molecule has 0 heterocycles. The standard InChI is InChI=1S/C21H22ClNO4/c1-4-14(2)13-25-21(24)15(3)26-17-6-8-18(9-7-17)27-20-10-5-16(12-23)11-19(20)22/h5-11,14-15H,4,13H2,1-3H3. The molecule has 2 aromatic carbocycles. The summed E-state index contributed by atoms with van der Waals surface area (Å²) in [7, 11) is 0. The molecule has 5 nitrogen and oxygen atoms in total. The Morgan fingerprint density at radius 2 is 1.81 bits per heavy atom. The van der Waals surface area contributed by atoms with E-state index in [1.807, 2.05) is 19.9 Å². The van der Waals surface area contributed by atoms with Crippen molar-refractivity contribution in [3.63, 3.8) is 0 Å². The number of carbonyl (C=O) groups is 1. The van der Waals surface area contributed by atoms with Gasteiger partial charge in [0.25, 0.3) is 0 Å². The van der Waals surface area contributed by atoms with E-state index < -0.39 is 6.10 Å². The number of nitrogens with zero attached hydrogens (tertiary/aromatic N) is 1. The molecule has 27 heavy (non-hydrogen) atoms. The number of carbonyl (C=O) groups excluding carboxylic acids is 1. The van der Waals surface area contributed by atoms with Gasteiger partial charge >= 0.3 is 5.97 Å². The Hall–Kier alpha value is -2.71. The molecule has 2 unspecified atom stereocenters. The number of hydrogen-bond donors (Lipinski definition) is 0. The Bertz CT molecular complexity index is 814. The van der Waals surface area contributed by atoms with Crippen molar-refractivity contribution in [3.05, 3.63) is 53.1 Å². The lowest BCUT2D eigenvalue weighted by Crippen LogP contribution is -2.27. The molecular formula is C21H22ClNO4. The number of esters is 1. The van der Waals surface area contributed by atoms with E-state index in [1.54, 1.807) is 49.4 Å². The molecule has 0 aliphatic carbocycles. The molecular weight excluding hydrogens is 366 g/mol. The number of benzene rings is 2. The van der Waals surface area contributed by atoms with Gasteiger partial charge in [0.1, 0.15) is 17.2 Å². The van der Waals surface area contributed by atoms with Crippen LogP contribution in [-0.4, -0.2) is 18.7 Å². The summed E-state index contributed by atoms with van der Waals surface area (Å²) in [5.74, 6) is 1.47. The number of rotatable bonds is 8. The highest BCUT2D eigenvalue weighted by Crippen LogP contribution is 2.31. The summed E-state index contributed by atoms with van der Waals surface area (Å²) >= 11 is 6.10. The Labute approximate surface area is 164 Å². The van der Waals surface area contributed by atoms with E-state index in [4.69, 9.17) is 31.1 Å². The molecule has 0 aromatic heterocycles. The highest BCUT2D eigenvalue weighted by atomic mass is 35.5. The van der Waals surface area contributed by atoms with Crippen molar-refractivity contribution in [2.75, 3.05) is 6.61 Å². The van der Waals surface area contributed by atoms with Crippen molar-refractivity contribution >= 4 is 17.6 Å². The van der Waals surface area contributed by atoms with Crippen molar-refractivity contribution in [1.29, 1.82) is 5.26 Å². The van der Waals surface area contributed by atoms with Crippen LogP contribution in [-0.2, 0) is 9.53 Å². The van der Waals surface area contributed by atoms with Crippen molar-refractivity contribution in [3.8, 4) is 23.3 Å². The normalized spacial score (nSPS) is 12.6. The second-order valence-electron chi connectivity index (χ2n) is 6.23. The van der Waals surface area contributed by atoms with Crippen molar-refractivity contribution < 1.29 is 19.0 Å². The van der Waals surface area contributed by atoms with Gasteiger partial charge in [0, 0.05) is 0 Å². The second kappa shape index (κ2) is 9.84. The zero-order chi connectivity index (χ0) is 19.8. The number of hydrogen-bond acceptors (Lipinski definition) is 5. The summed E-state index contributed by atoms with van der Waals surface area (Å²) in [5, 5.41) is 9.21. The van der Waals surface area contributed by atoms with Crippen LogP contribution >= 0.6 is 11.6 Å². The van der Waals surface area contributed by atoms with Gasteiger partial charge in [-0.3, -0.25) is 0 Å². The van der Waals surface area contributed by atoms with Crippen molar-refractivity contribution in [1.82, 2.24) is 0 Å². The van der Waals surface area contributed by atoms with Gasteiger partial charge in [-0.15, -0.1) is 0 Å². The summed E-state index contributed by atoms with van der Waals surface area (Å²) in [6, 6.07) is 13.6. The fraction of sp³-hybridized carbons (Fsp3) is 0.333. The lowest BCUT2D eigenvalue weighted by molar-refractivity contribution is -0.152. The number of ether oxygens (including phenoxy) is 3. The summed E-state index contributed by atoms with van der Waals surface area (Å²) in [6.07, 6.45) is 0.251. The third kappa shape index (κ3) is 6.19. The van der Waals surface area contributed by atoms with Crippen LogP contribution in [0.1, 0.15) is 32.8 Å². The van der Waals surface area contributed by atoms with E-state index in [0.717, 1.165) is 6.42 Å². The minimum Gasteiger partial charge on any atom is -0.479 e. The molecule has 0 fully saturated rings. The van der Waals surface area contributed by atoms with Gasteiger partial charge < -0.3 is 14.2 Å². The topological polar surface area (TPSA) is 68.6 Å². The summed E-state index contributed by atoms with van der Waals surface area (Å²) in [4.78, 5) is 12.0.